The Labute approximate surface area is 159 Å². The van der Waals surface area contributed by atoms with Crippen molar-refractivity contribution in [3.05, 3.63) is 77.9 Å². The van der Waals surface area contributed by atoms with Crippen molar-refractivity contribution < 1.29 is 4.74 Å². The first kappa shape index (κ1) is 17.5. The van der Waals surface area contributed by atoms with E-state index in [1.54, 1.807) is 10.8 Å². The normalized spacial score (nSPS) is 23.9. The highest BCUT2D eigenvalue weighted by Gasteiger charge is 2.54. The molecule has 2 N–H and O–H groups in total. The molecule has 2 aliphatic carbocycles. The maximum Gasteiger partial charge on any atom is 0.227 e. The molecule has 1 aromatic carbocycles. The van der Waals surface area contributed by atoms with E-state index in [-0.39, 0.29) is 17.0 Å². The van der Waals surface area contributed by atoms with Gasteiger partial charge in [0.2, 0.25) is 5.62 Å². The summed E-state index contributed by atoms with van der Waals surface area (Å²) in [7, 11) is 0. The first-order chi connectivity index (χ1) is 13.0. The number of hydrogen-bond acceptors (Lipinski definition) is 4. The Bertz CT molecular complexity index is 989. The van der Waals surface area contributed by atoms with E-state index in [4.69, 9.17) is 15.6 Å². The lowest BCUT2D eigenvalue weighted by molar-refractivity contribution is 0.436. The Morgan fingerprint density at radius 2 is 2.15 bits per heavy atom. The molecule has 2 aliphatic rings. The van der Waals surface area contributed by atoms with Crippen molar-refractivity contribution in [1.29, 1.82) is 10.8 Å². The molecule has 3 atom stereocenters. The van der Waals surface area contributed by atoms with E-state index in [0.29, 0.717) is 11.8 Å². The molecule has 0 radical (unpaired) electrons. The van der Waals surface area contributed by atoms with Crippen LogP contribution in [0.5, 0.6) is 5.75 Å². The molecular weight excluding hydrogens is 336 g/mol. The minimum Gasteiger partial charge on any atom is -0.458 e. The van der Waals surface area contributed by atoms with Crippen molar-refractivity contribution in [1.82, 2.24) is 9.55 Å². The summed E-state index contributed by atoms with van der Waals surface area (Å²) in [6.07, 6.45) is 12.0. The Balaban J connectivity index is 1.57. The molecule has 1 fully saturated rings. The summed E-state index contributed by atoms with van der Waals surface area (Å²) in [4.78, 5) is 4.25. The zero-order valence-corrected chi connectivity index (χ0v) is 15.6. The third-order valence-electron chi connectivity index (χ3n) is 5.65. The first-order valence-corrected chi connectivity index (χ1v) is 9.40. The molecule has 1 heterocycles. The summed E-state index contributed by atoms with van der Waals surface area (Å²) < 4.78 is 7.56. The van der Waals surface area contributed by atoms with E-state index >= 15 is 0 Å². The van der Waals surface area contributed by atoms with Crippen molar-refractivity contribution in [3.63, 3.8) is 0 Å². The molecule has 1 aromatic heterocycles. The smallest absolute Gasteiger partial charge is 0.227 e. The standard InChI is InChI=1S/C22H24N4O/c1-3-15(2)20(23)26-14-17(13-25-21(26)24)22-10-9-19(11-16(22)12-22)27-18-7-5-4-6-8-18/h4-11,13-16,23-24H,3,12H2,1-2H3. The molecule has 0 bridgehead atoms. The number of hydrogen-bond donors (Lipinski definition) is 2. The van der Waals surface area contributed by atoms with E-state index in [1.807, 2.05) is 49.5 Å². The molecule has 138 valence electrons. The highest BCUT2D eigenvalue weighted by atomic mass is 16.5. The SMILES string of the molecule is CCC(C)C(=N)n1cc(C23C=CC(Oc4ccccc4)=CC2C3)cnc1=N. The van der Waals surface area contributed by atoms with Gasteiger partial charge in [-0.3, -0.25) is 15.4 Å². The third kappa shape index (κ3) is 3.14. The fourth-order valence-corrected chi connectivity index (χ4v) is 3.59. The van der Waals surface area contributed by atoms with Crippen LogP contribution in [0.1, 0.15) is 32.3 Å². The topological polar surface area (TPSA) is 74.8 Å². The summed E-state index contributed by atoms with van der Waals surface area (Å²) >= 11 is 0. The van der Waals surface area contributed by atoms with Gasteiger partial charge in [-0.1, -0.05) is 38.1 Å². The van der Waals surface area contributed by atoms with E-state index in [0.717, 1.165) is 29.9 Å². The van der Waals surface area contributed by atoms with Crippen LogP contribution in [0.4, 0.5) is 0 Å². The van der Waals surface area contributed by atoms with E-state index < -0.39 is 0 Å². The minimum atomic E-state index is -0.0816. The van der Waals surface area contributed by atoms with Gasteiger partial charge < -0.3 is 4.74 Å². The minimum absolute atomic E-state index is 0.0816. The number of nitrogens with one attached hydrogen (secondary N) is 2. The van der Waals surface area contributed by atoms with Crippen LogP contribution in [-0.2, 0) is 5.41 Å². The van der Waals surface area contributed by atoms with Crippen LogP contribution in [0, 0.1) is 22.7 Å². The van der Waals surface area contributed by atoms with E-state index in [1.165, 1.54) is 0 Å². The Morgan fingerprint density at radius 1 is 1.37 bits per heavy atom. The second-order valence-corrected chi connectivity index (χ2v) is 7.40. The number of aromatic nitrogens is 2. The van der Waals surface area contributed by atoms with Crippen molar-refractivity contribution >= 4 is 5.84 Å². The van der Waals surface area contributed by atoms with Crippen LogP contribution >= 0.6 is 0 Å². The molecule has 4 rings (SSSR count). The van der Waals surface area contributed by atoms with Gasteiger partial charge in [-0.2, -0.15) is 0 Å². The van der Waals surface area contributed by atoms with Crippen molar-refractivity contribution in [2.24, 2.45) is 11.8 Å². The van der Waals surface area contributed by atoms with Crippen LogP contribution in [0.25, 0.3) is 0 Å². The van der Waals surface area contributed by atoms with Crippen LogP contribution in [0.3, 0.4) is 0 Å². The van der Waals surface area contributed by atoms with E-state index in [9.17, 15) is 0 Å². The number of rotatable bonds is 5. The lowest BCUT2D eigenvalue weighted by Crippen LogP contribution is -2.33. The number of nitrogens with zero attached hydrogens (tertiary/aromatic N) is 2. The highest BCUT2D eigenvalue weighted by molar-refractivity contribution is 5.83. The maximum absolute atomic E-state index is 8.37. The second kappa shape index (κ2) is 6.65. The number of para-hydroxylation sites is 1. The summed E-state index contributed by atoms with van der Waals surface area (Å²) in [6.45, 7) is 4.06. The predicted octanol–water partition coefficient (Wildman–Crippen LogP) is 4.02. The maximum atomic E-state index is 8.37. The molecule has 3 unspecified atom stereocenters. The zero-order valence-electron chi connectivity index (χ0n) is 15.6. The highest BCUT2D eigenvalue weighted by Crippen LogP contribution is 2.58. The zero-order chi connectivity index (χ0) is 19.0. The number of allylic oxidation sites excluding steroid dienone is 3. The van der Waals surface area contributed by atoms with Crippen LogP contribution in [-0.4, -0.2) is 15.4 Å². The molecule has 5 heteroatoms. The van der Waals surface area contributed by atoms with Gasteiger partial charge in [-0.15, -0.1) is 0 Å². The van der Waals surface area contributed by atoms with Gasteiger partial charge >= 0.3 is 0 Å². The average molecular weight is 360 g/mol. The summed E-state index contributed by atoms with van der Waals surface area (Å²) in [5.74, 6) is 2.59. The van der Waals surface area contributed by atoms with Gasteiger partial charge in [0, 0.05) is 23.7 Å². The average Bonchev–Trinajstić information content (AvgIpc) is 3.43. The lowest BCUT2D eigenvalue weighted by Gasteiger charge is -2.20. The van der Waals surface area contributed by atoms with Gasteiger partial charge in [0.25, 0.3) is 0 Å². The summed E-state index contributed by atoms with van der Waals surface area (Å²) in [5, 5.41) is 16.4. The van der Waals surface area contributed by atoms with Crippen molar-refractivity contribution in [2.75, 3.05) is 0 Å². The van der Waals surface area contributed by atoms with Gasteiger partial charge in [0.05, 0.1) is 0 Å². The van der Waals surface area contributed by atoms with Gasteiger partial charge in [-0.25, -0.2) is 4.98 Å². The monoisotopic (exact) mass is 360 g/mol. The van der Waals surface area contributed by atoms with E-state index in [2.05, 4.69) is 24.1 Å². The summed E-state index contributed by atoms with van der Waals surface area (Å²) in [6, 6.07) is 9.79. The lowest BCUT2D eigenvalue weighted by atomic mass is 9.92. The molecule has 5 nitrogen and oxygen atoms in total. The molecule has 0 amide bonds. The fourth-order valence-electron chi connectivity index (χ4n) is 3.59. The molecule has 0 saturated heterocycles. The Kier molecular flexibility index (Phi) is 4.30. The molecular formula is C22H24N4O. The van der Waals surface area contributed by atoms with Crippen molar-refractivity contribution in [3.8, 4) is 5.75 Å². The largest absolute Gasteiger partial charge is 0.458 e. The Morgan fingerprint density at radius 3 is 2.85 bits per heavy atom. The molecule has 2 aromatic rings. The summed E-state index contributed by atoms with van der Waals surface area (Å²) in [5.41, 5.74) is 1.09. The number of ether oxygens (including phenoxy) is 1. The number of benzene rings is 1. The van der Waals surface area contributed by atoms with Gasteiger partial charge in [-0.05, 0) is 48.6 Å². The number of fused-ring (bicyclic) bond motifs is 1. The molecule has 0 aliphatic heterocycles. The Hall–Kier alpha value is -2.95. The van der Waals surface area contributed by atoms with Crippen molar-refractivity contribution in [2.45, 2.75) is 32.1 Å². The van der Waals surface area contributed by atoms with Crippen LogP contribution < -0.4 is 10.4 Å². The molecule has 1 saturated carbocycles. The molecule has 27 heavy (non-hydrogen) atoms. The quantitative estimate of drug-likeness (QED) is 0.624. The predicted molar refractivity (Wildman–Crippen MR) is 105 cm³/mol. The first-order valence-electron chi connectivity index (χ1n) is 9.40. The van der Waals surface area contributed by atoms with Gasteiger partial charge in [0.15, 0.2) is 0 Å². The second-order valence-electron chi connectivity index (χ2n) is 7.40. The van der Waals surface area contributed by atoms with Crippen LogP contribution in [0.15, 0.2) is 66.7 Å². The van der Waals surface area contributed by atoms with Crippen LogP contribution in [0.2, 0.25) is 0 Å². The van der Waals surface area contributed by atoms with Gasteiger partial charge in [0.1, 0.15) is 17.3 Å². The third-order valence-corrected chi connectivity index (χ3v) is 5.65. The fraction of sp³-hybridized carbons (Fsp3) is 0.318. The molecule has 0 spiro atoms.